The van der Waals surface area contributed by atoms with E-state index in [1.54, 1.807) is 0 Å². The summed E-state index contributed by atoms with van der Waals surface area (Å²) in [5.74, 6) is 4.36. The molecule has 1 saturated heterocycles. The summed E-state index contributed by atoms with van der Waals surface area (Å²) in [7, 11) is 0. The third kappa shape index (κ3) is 2.68. The maximum atomic E-state index is 8.82. The largest absolute Gasteiger partial charge is 0.396 e. The van der Waals surface area contributed by atoms with Crippen molar-refractivity contribution in [1.29, 1.82) is 0 Å². The maximum Gasteiger partial charge on any atom is 0.0433 e. The van der Waals surface area contributed by atoms with E-state index >= 15 is 0 Å². The van der Waals surface area contributed by atoms with E-state index in [2.05, 4.69) is 18.7 Å². The normalized spacial score (nSPS) is 27.3. The van der Waals surface area contributed by atoms with Gasteiger partial charge in [-0.1, -0.05) is 13.3 Å². The van der Waals surface area contributed by atoms with Crippen molar-refractivity contribution in [2.24, 2.45) is 11.8 Å². The van der Waals surface area contributed by atoms with Crippen LogP contribution >= 0.6 is 11.8 Å². The predicted octanol–water partition coefficient (Wildman–Crippen LogP) is 2.15. The first kappa shape index (κ1) is 9.40. The molecule has 1 rings (SSSR count). The van der Waals surface area contributed by atoms with Crippen LogP contribution in [0.4, 0.5) is 0 Å². The molecule has 1 fully saturated rings. The van der Waals surface area contributed by atoms with Gasteiger partial charge in [0.25, 0.3) is 0 Å². The van der Waals surface area contributed by atoms with Crippen molar-refractivity contribution in [3.63, 3.8) is 0 Å². The minimum atomic E-state index is 0.375. The molecule has 1 aliphatic rings. The van der Waals surface area contributed by atoms with Crippen molar-refractivity contribution in [3.8, 4) is 0 Å². The van der Waals surface area contributed by atoms with Crippen molar-refractivity contribution in [2.75, 3.05) is 18.1 Å². The molecule has 11 heavy (non-hydrogen) atoms. The Hall–Kier alpha value is 0.310. The number of thioether (sulfide) groups is 1. The molecule has 0 aromatic heterocycles. The molecule has 0 spiro atoms. The molecule has 0 aromatic rings. The van der Waals surface area contributed by atoms with E-state index in [9.17, 15) is 0 Å². The van der Waals surface area contributed by atoms with Gasteiger partial charge in [-0.25, -0.2) is 0 Å². The first-order valence-corrected chi connectivity index (χ1v) is 5.72. The van der Waals surface area contributed by atoms with Gasteiger partial charge in [-0.05, 0) is 36.2 Å². The summed E-state index contributed by atoms with van der Waals surface area (Å²) in [5.41, 5.74) is 0. The Balaban J connectivity index is 2.27. The van der Waals surface area contributed by atoms with Gasteiger partial charge in [0, 0.05) is 6.61 Å². The highest BCUT2D eigenvalue weighted by atomic mass is 32.2. The van der Waals surface area contributed by atoms with Crippen LogP contribution in [0.15, 0.2) is 0 Å². The lowest BCUT2D eigenvalue weighted by Crippen LogP contribution is -2.14. The van der Waals surface area contributed by atoms with Gasteiger partial charge >= 0.3 is 0 Å². The fraction of sp³-hybridized carbons (Fsp3) is 1.00. The van der Waals surface area contributed by atoms with Crippen molar-refractivity contribution in [3.05, 3.63) is 0 Å². The van der Waals surface area contributed by atoms with E-state index in [-0.39, 0.29) is 0 Å². The summed E-state index contributed by atoms with van der Waals surface area (Å²) in [5, 5.41) is 8.82. The Morgan fingerprint density at radius 2 is 2.45 bits per heavy atom. The molecule has 2 heteroatoms. The molecule has 1 N–H and O–H groups in total. The average Bonchev–Trinajstić information content (AvgIpc) is 2.52. The number of aliphatic hydroxyl groups is 1. The van der Waals surface area contributed by atoms with Gasteiger partial charge in [-0.15, -0.1) is 0 Å². The summed E-state index contributed by atoms with van der Waals surface area (Å²) in [6.45, 7) is 2.61. The van der Waals surface area contributed by atoms with Crippen molar-refractivity contribution >= 4 is 11.8 Å². The van der Waals surface area contributed by atoms with E-state index in [4.69, 9.17) is 5.11 Å². The minimum absolute atomic E-state index is 0.375. The Kier molecular flexibility index (Phi) is 4.31. The SMILES string of the molecule is CCC(CCO)C1CCSC1. The zero-order chi connectivity index (χ0) is 8.10. The van der Waals surface area contributed by atoms with Gasteiger partial charge in [0.1, 0.15) is 0 Å². The molecule has 0 amide bonds. The lowest BCUT2D eigenvalue weighted by molar-refractivity contribution is 0.223. The van der Waals surface area contributed by atoms with Crippen LogP contribution in [-0.4, -0.2) is 23.2 Å². The second-order valence-corrected chi connectivity index (χ2v) is 4.45. The van der Waals surface area contributed by atoms with Crippen LogP contribution in [0.25, 0.3) is 0 Å². The molecule has 0 aliphatic carbocycles. The molecule has 1 aliphatic heterocycles. The van der Waals surface area contributed by atoms with Crippen LogP contribution in [-0.2, 0) is 0 Å². The summed E-state index contributed by atoms with van der Waals surface area (Å²) < 4.78 is 0. The quantitative estimate of drug-likeness (QED) is 0.704. The Labute approximate surface area is 73.6 Å². The first-order valence-electron chi connectivity index (χ1n) is 4.57. The van der Waals surface area contributed by atoms with Crippen LogP contribution < -0.4 is 0 Å². The fourth-order valence-electron chi connectivity index (χ4n) is 1.86. The fourth-order valence-corrected chi connectivity index (χ4v) is 3.24. The van der Waals surface area contributed by atoms with Crippen molar-refractivity contribution in [2.45, 2.75) is 26.2 Å². The third-order valence-electron chi connectivity index (χ3n) is 2.66. The van der Waals surface area contributed by atoms with Crippen LogP contribution in [0, 0.1) is 11.8 Å². The number of hydrogen-bond donors (Lipinski definition) is 1. The molecular formula is C9H18OS. The average molecular weight is 174 g/mol. The standard InChI is InChI=1S/C9H18OS/c1-2-8(3-5-10)9-4-6-11-7-9/h8-10H,2-7H2,1H3. The zero-order valence-corrected chi connectivity index (χ0v) is 8.07. The van der Waals surface area contributed by atoms with Crippen LogP contribution in [0.1, 0.15) is 26.2 Å². The number of aliphatic hydroxyl groups excluding tert-OH is 1. The summed E-state index contributed by atoms with van der Waals surface area (Å²) in [4.78, 5) is 0. The summed E-state index contributed by atoms with van der Waals surface area (Å²) >= 11 is 2.07. The molecule has 1 nitrogen and oxygen atoms in total. The third-order valence-corrected chi connectivity index (χ3v) is 3.84. The molecule has 0 bridgehead atoms. The number of hydrogen-bond acceptors (Lipinski definition) is 2. The molecule has 0 radical (unpaired) electrons. The highest BCUT2D eigenvalue weighted by Crippen LogP contribution is 2.32. The van der Waals surface area contributed by atoms with E-state index in [1.165, 1.54) is 24.3 Å². The summed E-state index contributed by atoms with van der Waals surface area (Å²) in [6.07, 6.45) is 3.64. The van der Waals surface area contributed by atoms with Gasteiger partial charge in [-0.3, -0.25) is 0 Å². The van der Waals surface area contributed by atoms with E-state index in [0.717, 1.165) is 18.3 Å². The Morgan fingerprint density at radius 3 is 2.91 bits per heavy atom. The maximum absolute atomic E-state index is 8.82. The van der Waals surface area contributed by atoms with Crippen molar-refractivity contribution in [1.82, 2.24) is 0 Å². The lowest BCUT2D eigenvalue weighted by Gasteiger charge is -2.19. The van der Waals surface area contributed by atoms with Crippen LogP contribution in [0.3, 0.4) is 0 Å². The smallest absolute Gasteiger partial charge is 0.0433 e. The second-order valence-electron chi connectivity index (χ2n) is 3.30. The van der Waals surface area contributed by atoms with Gasteiger partial charge in [-0.2, -0.15) is 11.8 Å². The highest BCUT2D eigenvalue weighted by Gasteiger charge is 2.23. The van der Waals surface area contributed by atoms with Gasteiger partial charge in [0.15, 0.2) is 0 Å². The molecule has 2 atom stereocenters. The molecule has 0 saturated carbocycles. The first-order chi connectivity index (χ1) is 5.38. The second kappa shape index (κ2) is 5.04. The molecule has 1 heterocycles. The van der Waals surface area contributed by atoms with Crippen molar-refractivity contribution < 1.29 is 5.11 Å². The van der Waals surface area contributed by atoms with Gasteiger partial charge in [0.2, 0.25) is 0 Å². The van der Waals surface area contributed by atoms with E-state index in [1.807, 2.05) is 0 Å². The Bertz CT molecular complexity index is 99.7. The van der Waals surface area contributed by atoms with E-state index < -0.39 is 0 Å². The van der Waals surface area contributed by atoms with Gasteiger partial charge in [0.05, 0.1) is 0 Å². The highest BCUT2D eigenvalue weighted by molar-refractivity contribution is 7.99. The summed E-state index contributed by atoms with van der Waals surface area (Å²) in [6, 6.07) is 0. The van der Waals surface area contributed by atoms with Crippen LogP contribution in [0.2, 0.25) is 0 Å². The van der Waals surface area contributed by atoms with Crippen LogP contribution in [0.5, 0.6) is 0 Å². The van der Waals surface area contributed by atoms with Gasteiger partial charge < -0.3 is 5.11 Å². The molecule has 0 aromatic carbocycles. The predicted molar refractivity (Wildman–Crippen MR) is 50.9 cm³/mol. The zero-order valence-electron chi connectivity index (χ0n) is 7.25. The molecule has 2 unspecified atom stereocenters. The Morgan fingerprint density at radius 1 is 1.64 bits per heavy atom. The topological polar surface area (TPSA) is 20.2 Å². The van der Waals surface area contributed by atoms with E-state index in [0.29, 0.717) is 6.61 Å². The lowest BCUT2D eigenvalue weighted by atomic mass is 9.87. The minimum Gasteiger partial charge on any atom is -0.396 e. The molecule has 66 valence electrons. The number of rotatable bonds is 4. The monoisotopic (exact) mass is 174 g/mol. The molecular weight excluding hydrogens is 156 g/mol.